The smallest absolute Gasteiger partial charge is 0.336 e. The fourth-order valence-electron chi connectivity index (χ4n) is 6.38. The van der Waals surface area contributed by atoms with Crippen LogP contribution in [0.15, 0.2) is 164 Å². The van der Waals surface area contributed by atoms with Crippen LogP contribution in [0.1, 0.15) is 36.4 Å². The van der Waals surface area contributed by atoms with Crippen molar-refractivity contribution in [3.05, 3.63) is 207 Å². The van der Waals surface area contributed by atoms with Crippen molar-refractivity contribution >= 4 is 95.4 Å². The van der Waals surface area contributed by atoms with Gasteiger partial charge in [0.2, 0.25) is 10.3 Å². The number of ether oxygens (including phenoxy) is 2. The van der Waals surface area contributed by atoms with Gasteiger partial charge in [0.25, 0.3) is 5.91 Å². The van der Waals surface area contributed by atoms with E-state index in [1.165, 1.54) is 22.7 Å². The molecule has 0 fully saturated rings. The van der Waals surface area contributed by atoms with Gasteiger partial charge in [0.1, 0.15) is 48.1 Å². The van der Waals surface area contributed by atoms with Crippen molar-refractivity contribution in [3.8, 4) is 22.8 Å². The van der Waals surface area contributed by atoms with E-state index < -0.39 is 5.97 Å². The number of rotatable bonds is 11. The highest BCUT2D eigenvalue weighted by Crippen LogP contribution is 2.28. The summed E-state index contributed by atoms with van der Waals surface area (Å²) >= 11 is 14.2. The van der Waals surface area contributed by atoms with Crippen LogP contribution < -0.4 is 20.5 Å². The summed E-state index contributed by atoms with van der Waals surface area (Å²) in [4.78, 5) is 33.8. The average Bonchev–Trinajstić information content (AvgIpc) is 4.01. The molecular formula is C50H35Cl2N8O5S2+. The Labute approximate surface area is 401 Å². The molecule has 1 aliphatic carbocycles. The maximum absolute atomic E-state index is 13.2. The van der Waals surface area contributed by atoms with Gasteiger partial charge in [-0.3, -0.25) is 10.1 Å². The largest absolute Gasteiger partial charge is 0.486 e. The van der Waals surface area contributed by atoms with Gasteiger partial charge in [-0.05, 0) is 72.8 Å². The average molecular weight is 963 g/mol. The van der Waals surface area contributed by atoms with Crippen molar-refractivity contribution in [2.24, 2.45) is 0 Å². The fraction of sp³-hybridized carbons (Fsp3) is 0.0400. The molecule has 5 aromatic carbocycles. The molecule has 4 N–H and O–H groups in total. The summed E-state index contributed by atoms with van der Waals surface area (Å²) in [6.07, 6.45) is 10.3. The number of aromatic carboxylic acids is 1. The molecule has 0 spiro atoms. The minimum absolute atomic E-state index is 0.242. The number of benzene rings is 5. The van der Waals surface area contributed by atoms with Gasteiger partial charge >= 0.3 is 5.97 Å². The SMILES string of the molecule is Nc1nnc(COc2ccc(Cl)cc2)s1.O=C(Nc1nnc(COc2ccc(Cl)cc2)s1)c1cc(-c2ccccc2)nc2ccccc12.O=C(O)c1cc(C2=CC=C[C+]=C2)nc2ccccc12. The van der Waals surface area contributed by atoms with Crippen LogP contribution in [0.4, 0.5) is 10.3 Å². The lowest BCUT2D eigenvalue weighted by atomic mass is 10.0. The van der Waals surface area contributed by atoms with Gasteiger partial charge in [0, 0.05) is 38.5 Å². The van der Waals surface area contributed by atoms with Crippen LogP contribution in [0, 0.1) is 6.08 Å². The number of nitrogen functional groups attached to an aromatic ring is 1. The number of allylic oxidation sites excluding steroid dienone is 6. The maximum Gasteiger partial charge on any atom is 0.336 e. The lowest BCUT2D eigenvalue weighted by Crippen LogP contribution is -2.13. The van der Waals surface area contributed by atoms with Crippen LogP contribution in [-0.2, 0) is 13.2 Å². The van der Waals surface area contributed by atoms with Crippen molar-refractivity contribution in [1.29, 1.82) is 0 Å². The highest BCUT2D eigenvalue weighted by molar-refractivity contribution is 7.15. The lowest BCUT2D eigenvalue weighted by molar-refractivity contribution is 0.0698. The van der Waals surface area contributed by atoms with E-state index in [0.717, 1.165) is 38.5 Å². The lowest BCUT2D eigenvalue weighted by Gasteiger charge is -2.09. The van der Waals surface area contributed by atoms with E-state index in [1.54, 1.807) is 78.9 Å². The Morgan fingerprint density at radius 2 is 1.21 bits per heavy atom. The monoisotopic (exact) mass is 961 g/mol. The Bertz CT molecular complexity index is 3270. The Balaban J connectivity index is 0.000000151. The number of hydrogen-bond donors (Lipinski definition) is 3. The van der Waals surface area contributed by atoms with E-state index in [1.807, 2.05) is 84.9 Å². The Hall–Kier alpha value is -7.91. The summed E-state index contributed by atoms with van der Waals surface area (Å²) in [6, 6.07) is 42.2. The van der Waals surface area contributed by atoms with Gasteiger partial charge in [-0.2, -0.15) is 0 Å². The standard InChI is InChI=1S/C25H17ClN4O2S.C16H9NO2.C9H8ClN3OS/c26-17-10-12-18(13-11-17)32-15-23-29-30-25(33-23)28-24(31)20-14-22(16-6-2-1-3-7-16)27-21-9-5-4-8-19(20)21;18-16(19)13-10-15(11-6-2-1-3-7-11)17-14-9-5-4-8-12(13)14;10-6-1-3-7(4-2-6)14-5-8-12-13-9(11)15-8/h1-14H,15H2,(H,28,30,31);1-2,4-10H;1-4H,5H2,(H2,11,13)/p+1. The molecule has 17 heteroatoms. The van der Waals surface area contributed by atoms with E-state index in [4.69, 9.17) is 43.4 Å². The van der Waals surface area contributed by atoms with Crippen molar-refractivity contribution in [1.82, 2.24) is 30.4 Å². The Morgan fingerprint density at radius 1 is 0.657 bits per heavy atom. The first-order valence-electron chi connectivity index (χ1n) is 20.2. The number of nitrogens with one attached hydrogen (secondary N) is 1. The van der Waals surface area contributed by atoms with Gasteiger partial charge in [-0.1, -0.05) is 113 Å². The second-order valence-corrected chi connectivity index (χ2v) is 17.1. The van der Waals surface area contributed by atoms with E-state index in [0.29, 0.717) is 59.8 Å². The van der Waals surface area contributed by atoms with Gasteiger partial charge < -0.3 is 20.3 Å². The molecule has 4 heterocycles. The summed E-state index contributed by atoms with van der Waals surface area (Å²) < 4.78 is 11.2. The predicted octanol–water partition coefficient (Wildman–Crippen LogP) is 11.8. The molecule has 0 unspecified atom stereocenters. The first-order valence-corrected chi connectivity index (χ1v) is 22.6. The number of nitrogens with two attached hydrogens (primary N) is 1. The Morgan fingerprint density at radius 3 is 1.79 bits per heavy atom. The number of amides is 1. The number of anilines is 2. The first-order chi connectivity index (χ1) is 32.6. The zero-order valence-electron chi connectivity index (χ0n) is 34.9. The molecule has 1 aliphatic rings. The number of fused-ring (bicyclic) bond motifs is 2. The number of carboxylic acid groups (broad SMARTS) is 1. The molecule has 0 bridgehead atoms. The van der Waals surface area contributed by atoms with Crippen molar-refractivity contribution in [2.75, 3.05) is 11.1 Å². The minimum Gasteiger partial charge on any atom is -0.486 e. The predicted molar refractivity (Wildman–Crippen MR) is 265 cm³/mol. The second-order valence-electron chi connectivity index (χ2n) is 14.1. The van der Waals surface area contributed by atoms with E-state index >= 15 is 0 Å². The second kappa shape index (κ2) is 21.8. The van der Waals surface area contributed by atoms with Gasteiger partial charge in [-0.25, -0.2) is 14.8 Å². The van der Waals surface area contributed by atoms with Crippen LogP contribution in [0.25, 0.3) is 38.6 Å². The molecular weight excluding hydrogens is 928 g/mol. The number of aromatic nitrogens is 6. The number of halogens is 2. The third-order valence-corrected chi connectivity index (χ3v) is 11.5. The number of carbonyl (C=O) groups is 2. The molecule has 0 saturated carbocycles. The van der Waals surface area contributed by atoms with Crippen molar-refractivity contribution in [2.45, 2.75) is 13.2 Å². The van der Waals surface area contributed by atoms with Crippen molar-refractivity contribution in [3.63, 3.8) is 0 Å². The van der Waals surface area contributed by atoms with E-state index in [-0.39, 0.29) is 18.1 Å². The van der Waals surface area contributed by atoms with Crippen molar-refractivity contribution < 1.29 is 24.2 Å². The van der Waals surface area contributed by atoms with E-state index in [9.17, 15) is 14.7 Å². The van der Waals surface area contributed by atoms with Gasteiger partial charge in [-0.15, -0.1) is 20.4 Å². The molecule has 0 saturated heterocycles. The van der Waals surface area contributed by atoms with E-state index in [2.05, 4.69) is 36.8 Å². The number of para-hydroxylation sites is 2. The van der Waals surface area contributed by atoms with Gasteiger partial charge in [0.15, 0.2) is 10.0 Å². The van der Waals surface area contributed by atoms with Gasteiger partial charge in [0.05, 0.1) is 33.9 Å². The van der Waals surface area contributed by atoms with Crippen LogP contribution in [0.2, 0.25) is 10.0 Å². The summed E-state index contributed by atoms with van der Waals surface area (Å²) in [6.45, 7) is 0.613. The molecule has 0 atom stereocenters. The third-order valence-electron chi connectivity index (χ3n) is 9.50. The van der Waals surface area contributed by atoms with Crippen LogP contribution >= 0.6 is 45.9 Å². The fourth-order valence-corrected chi connectivity index (χ4v) is 7.80. The highest BCUT2D eigenvalue weighted by Gasteiger charge is 2.18. The normalized spacial score (nSPS) is 11.3. The molecule has 0 aliphatic heterocycles. The minimum atomic E-state index is -0.945. The van der Waals surface area contributed by atoms with Crippen LogP contribution in [0.5, 0.6) is 11.5 Å². The number of carboxylic acids is 1. The number of hydrogen-bond acceptors (Lipinski definition) is 13. The molecule has 9 aromatic rings. The third kappa shape index (κ3) is 12.3. The summed E-state index contributed by atoms with van der Waals surface area (Å²) in [5.74, 6) is 0.205. The molecule has 330 valence electrons. The molecule has 4 aromatic heterocycles. The Kier molecular flexibility index (Phi) is 14.9. The molecule has 0 radical (unpaired) electrons. The highest BCUT2D eigenvalue weighted by atomic mass is 35.5. The number of nitrogens with zero attached hydrogens (tertiary/aromatic N) is 6. The summed E-state index contributed by atoms with van der Waals surface area (Å²) in [5.41, 5.74) is 10.8. The molecule has 13 nitrogen and oxygen atoms in total. The summed E-state index contributed by atoms with van der Waals surface area (Å²) in [7, 11) is 0. The molecule has 67 heavy (non-hydrogen) atoms. The molecule has 10 rings (SSSR count). The number of pyridine rings is 2. The number of carbonyl (C=O) groups excluding carboxylic acids is 1. The summed E-state index contributed by atoms with van der Waals surface area (Å²) in [5, 5.41) is 32.9. The quantitative estimate of drug-likeness (QED) is 0.104. The van der Waals surface area contributed by atoms with Crippen LogP contribution in [-0.4, -0.2) is 47.3 Å². The molecule has 1 amide bonds. The maximum atomic E-state index is 13.2. The zero-order chi connectivity index (χ0) is 46.5. The topological polar surface area (TPSA) is 188 Å². The zero-order valence-corrected chi connectivity index (χ0v) is 38.1. The van der Waals surface area contributed by atoms with Crippen LogP contribution in [0.3, 0.4) is 0 Å². The first kappa shape index (κ1) is 45.7.